The van der Waals surface area contributed by atoms with Crippen LogP contribution in [0.25, 0.3) is 11.3 Å². The van der Waals surface area contributed by atoms with Crippen LogP contribution in [-0.4, -0.2) is 31.5 Å². The van der Waals surface area contributed by atoms with Crippen molar-refractivity contribution in [3.05, 3.63) is 35.2 Å². The van der Waals surface area contributed by atoms with Gasteiger partial charge in [-0.3, -0.25) is 4.72 Å². The van der Waals surface area contributed by atoms with Crippen molar-refractivity contribution in [2.24, 2.45) is 0 Å². The summed E-state index contributed by atoms with van der Waals surface area (Å²) in [7, 11) is -5.63. The Kier molecular flexibility index (Phi) is 5.13. The molecule has 0 fully saturated rings. The maximum atomic E-state index is 12.5. The summed E-state index contributed by atoms with van der Waals surface area (Å²) in [4.78, 5) is 15.7. The largest absolute Gasteiger partial charge is 0.516 e. The summed E-state index contributed by atoms with van der Waals surface area (Å²) in [5.74, 6) is -0.800. The summed E-state index contributed by atoms with van der Waals surface area (Å²) in [6.07, 6.45) is 0. The number of carbonyl (C=O) groups is 1. The zero-order valence-electron chi connectivity index (χ0n) is 12.1. The highest BCUT2D eigenvalue weighted by Crippen LogP contribution is 2.34. The number of rotatable bonds is 5. The van der Waals surface area contributed by atoms with E-state index >= 15 is 0 Å². The van der Waals surface area contributed by atoms with E-state index in [4.69, 9.17) is 4.74 Å². The third-order valence-corrected chi connectivity index (χ3v) is 4.81. The molecule has 0 aliphatic carbocycles. The summed E-state index contributed by atoms with van der Waals surface area (Å²) in [5.41, 5.74) is -5.01. The number of aromatic nitrogens is 1. The minimum absolute atomic E-state index is 0.0407. The zero-order chi connectivity index (χ0) is 18.0. The molecule has 130 valence electrons. The first-order chi connectivity index (χ1) is 11.2. The molecule has 11 heteroatoms. The van der Waals surface area contributed by atoms with Gasteiger partial charge in [-0.2, -0.15) is 21.6 Å². The van der Waals surface area contributed by atoms with Gasteiger partial charge in [0.1, 0.15) is 4.88 Å². The molecule has 0 spiro atoms. The van der Waals surface area contributed by atoms with Crippen LogP contribution in [0.15, 0.2) is 30.3 Å². The van der Waals surface area contributed by atoms with Crippen LogP contribution in [0.1, 0.15) is 16.6 Å². The molecule has 0 aliphatic rings. The van der Waals surface area contributed by atoms with Crippen molar-refractivity contribution in [3.8, 4) is 11.3 Å². The fourth-order valence-electron chi connectivity index (χ4n) is 1.66. The Morgan fingerprint density at radius 1 is 1.29 bits per heavy atom. The molecule has 24 heavy (non-hydrogen) atoms. The second-order valence-electron chi connectivity index (χ2n) is 4.33. The van der Waals surface area contributed by atoms with Gasteiger partial charge in [-0.1, -0.05) is 41.7 Å². The molecule has 0 saturated heterocycles. The standard InChI is InChI=1S/C13H11F3N2O4S2/c1-2-22-11(19)10-9(8-6-4-3-5-7-8)17-12(23-10)18-24(20,21)13(14,15)16/h3-7H,2H2,1H3,(H,17,18). The van der Waals surface area contributed by atoms with Crippen molar-refractivity contribution in [3.63, 3.8) is 0 Å². The Morgan fingerprint density at radius 3 is 2.46 bits per heavy atom. The SMILES string of the molecule is CCOC(=O)c1sc(NS(=O)(=O)C(F)(F)F)nc1-c1ccccc1. The third-order valence-electron chi connectivity index (χ3n) is 2.66. The fraction of sp³-hybridized carbons (Fsp3) is 0.231. The van der Waals surface area contributed by atoms with Crippen molar-refractivity contribution in [2.75, 3.05) is 11.3 Å². The van der Waals surface area contributed by atoms with Gasteiger partial charge < -0.3 is 4.74 Å². The molecule has 0 bridgehead atoms. The number of esters is 1. The summed E-state index contributed by atoms with van der Waals surface area (Å²) >= 11 is 0.469. The molecule has 2 aromatic rings. The Balaban J connectivity index is 2.48. The first-order valence-corrected chi connectivity index (χ1v) is 8.78. The fourth-order valence-corrected chi connectivity index (χ4v) is 3.28. The van der Waals surface area contributed by atoms with Crippen LogP contribution in [0.2, 0.25) is 0 Å². The molecule has 0 aliphatic heterocycles. The Morgan fingerprint density at radius 2 is 1.92 bits per heavy atom. The number of benzene rings is 1. The van der Waals surface area contributed by atoms with Gasteiger partial charge in [0.25, 0.3) is 0 Å². The van der Waals surface area contributed by atoms with E-state index in [1.165, 1.54) is 4.72 Å². The van der Waals surface area contributed by atoms with Crippen LogP contribution >= 0.6 is 11.3 Å². The van der Waals surface area contributed by atoms with Crippen molar-refractivity contribution < 1.29 is 31.1 Å². The van der Waals surface area contributed by atoms with Crippen molar-refractivity contribution in [2.45, 2.75) is 12.4 Å². The van der Waals surface area contributed by atoms with Crippen LogP contribution in [0.4, 0.5) is 18.3 Å². The molecule has 0 unspecified atom stereocenters. The number of thiazole rings is 1. The van der Waals surface area contributed by atoms with E-state index in [0.717, 1.165) is 0 Å². The quantitative estimate of drug-likeness (QED) is 0.805. The smallest absolute Gasteiger partial charge is 0.462 e. The minimum Gasteiger partial charge on any atom is -0.462 e. The van der Waals surface area contributed by atoms with Crippen molar-refractivity contribution in [1.82, 2.24) is 4.98 Å². The van der Waals surface area contributed by atoms with Crippen molar-refractivity contribution in [1.29, 1.82) is 0 Å². The Bertz CT molecular complexity index is 833. The minimum atomic E-state index is -5.63. The third kappa shape index (κ3) is 3.85. The first-order valence-electron chi connectivity index (χ1n) is 6.48. The highest BCUT2D eigenvalue weighted by Gasteiger charge is 2.46. The summed E-state index contributed by atoms with van der Waals surface area (Å²) in [6, 6.07) is 8.15. The molecule has 0 amide bonds. The molecule has 2 rings (SSSR count). The van der Waals surface area contributed by atoms with E-state index in [2.05, 4.69) is 4.98 Å². The lowest BCUT2D eigenvalue weighted by molar-refractivity contribution is -0.0429. The molecular weight excluding hydrogens is 369 g/mol. The number of nitrogens with one attached hydrogen (secondary N) is 1. The molecule has 1 heterocycles. The lowest BCUT2D eigenvalue weighted by Gasteiger charge is -2.07. The van der Waals surface area contributed by atoms with Crippen LogP contribution in [-0.2, 0) is 14.8 Å². The number of alkyl halides is 3. The number of hydrogen-bond donors (Lipinski definition) is 1. The van der Waals surface area contributed by atoms with E-state index in [0.29, 0.717) is 16.9 Å². The average Bonchev–Trinajstić information content (AvgIpc) is 2.90. The van der Waals surface area contributed by atoms with Gasteiger partial charge in [0.05, 0.1) is 12.3 Å². The van der Waals surface area contributed by atoms with Gasteiger partial charge in [0.15, 0.2) is 5.13 Å². The van der Waals surface area contributed by atoms with Gasteiger partial charge in [0, 0.05) is 5.56 Å². The summed E-state index contributed by atoms with van der Waals surface area (Å²) in [5, 5.41) is -0.575. The average molecular weight is 380 g/mol. The second-order valence-corrected chi connectivity index (χ2v) is 7.01. The van der Waals surface area contributed by atoms with Crippen LogP contribution in [0.3, 0.4) is 0 Å². The molecule has 0 saturated carbocycles. The molecule has 1 aromatic heterocycles. The molecule has 6 nitrogen and oxygen atoms in total. The second kappa shape index (κ2) is 6.77. The number of carbonyl (C=O) groups excluding carboxylic acids is 1. The molecule has 1 N–H and O–H groups in total. The maximum absolute atomic E-state index is 12.5. The number of sulfonamides is 1. The van der Waals surface area contributed by atoms with Crippen LogP contribution in [0.5, 0.6) is 0 Å². The number of nitrogens with zero attached hydrogens (tertiary/aromatic N) is 1. The molecule has 0 atom stereocenters. The zero-order valence-corrected chi connectivity index (χ0v) is 13.8. The van der Waals surface area contributed by atoms with E-state index < -0.39 is 26.6 Å². The van der Waals surface area contributed by atoms with Gasteiger partial charge in [-0.05, 0) is 6.92 Å². The van der Waals surface area contributed by atoms with Crippen LogP contribution < -0.4 is 4.72 Å². The number of halogens is 3. The van der Waals surface area contributed by atoms with Gasteiger partial charge >= 0.3 is 21.5 Å². The molecule has 1 aromatic carbocycles. The van der Waals surface area contributed by atoms with Crippen LogP contribution in [0, 0.1) is 0 Å². The van der Waals surface area contributed by atoms with Gasteiger partial charge in [0.2, 0.25) is 0 Å². The molecular formula is C13H11F3N2O4S2. The highest BCUT2D eigenvalue weighted by molar-refractivity contribution is 7.93. The van der Waals surface area contributed by atoms with E-state index in [-0.39, 0.29) is 17.2 Å². The Labute approximate surface area is 139 Å². The predicted octanol–water partition coefficient (Wildman–Crippen LogP) is 3.25. The van der Waals surface area contributed by atoms with E-state index in [1.807, 2.05) is 0 Å². The molecule has 0 radical (unpaired) electrons. The summed E-state index contributed by atoms with van der Waals surface area (Å²) in [6.45, 7) is 1.61. The van der Waals surface area contributed by atoms with E-state index in [9.17, 15) is 26.4 Å². The van der Waals surface area contributed by atoms with Gasteiger partial charge in [-0.25, -0.2) is 9.78 Å². The topological polar surface area (TPSA) is 85.4 Å². The maximum Gasteiger partial charge on any atom is 0.516 e. The lowest BCUT2D eigenvalue weighted by atomic mass is 10.1. The van der Waals surface area contributed by atoms with E-state index in [1.54, 1.807) is 37.3 Å². The number of ether oxygens (including phenoxy) is 1. The van der Waals surface area contributed by atoms with Gasteiger partial charge in [-0.15, -0.1) is 0 Å². The summed E-state index contributed by atoms with van der Waals surface area (Å²) < 4.78 is 65.9. The normalized spacial score (nSPS) is 12.0. The Hall–Kier alpha value is -2.14. The highest BCUT2D eigenvalue weighted by atomic mass is 32.2. The number of hydrogen-bond acceptors (Lipinski definition) is 6. The van der Waals surface area contributed by atoms with Crippen molar-refractivity contribution >= 4 is 32.5 Å². The number of anilines is 1. The first kappa shape index (κ1) is 18.2. The lowest BCUT2D eigenvalue weighted by Crippen LogP contribution is -2.29. The predicted molar refractivity (Wildman–Crippen MR) is 82.1 cm³/mol. The monoisotopic (exact) mass is 380 g/mol.